The van der Waals surface area contributed by atoms with E-state index in [-0.39, 0.29) is 30.9 Å². The Kier molecular flexibility index (Phi) is 8.79. The van der Waals surface area contributed by atoms with Crippen molar-refractivity contribution in [2.24, 2.45) is 0 Å². The number of nitrogens with one attached hydrogen (secondary N) is 1. The number of carbonyl (C=O) groups is 3. The van der Waals surface area contributed by atoms with Gasteiger partial charge in [0, 0.05) is 18.8 Å². The Morgan fingerprint density at radius 1 is 0.791 bits per heavy atom. The molecule has 0 unspecified atom stereocenters. The van der Waals surface area contributed by atoms with Gasteiger partial charge in [0.15, 0.2) is 6.04 Å². The lowest BCUT2D eigenvalue weighted by atomic mass is 9.98. The van der Waals surface area contributed by atoms with Crippen molar-refractivity contribution >= 4 is 18.0 Å². The number of hydrogen-bond acceptors (Lipinski definition) is 6. The SMILES string of the molecule is N#Cc1ccccc1C[C@H](NN(C(=O)OCC1c2ccccc2-c2ccccc21)[C@@H](Cc1ccccc1)C(=O)O)C(=O)O. The minimum absolute atomic E-state index is 0.0856. The van der Waals surface area contributed by atoms with Gasteiger partial charge in [-0.25, -0.2) is 20.0 Å². The molecule has 1 amide bonds. The van der Waals surface area contributed by atoms with Gasteiger partial charge in [-0.05, 0) is 39.4 Å². The molecule has 3 N–H and O–H groups in total. The first-order valence-electron chi connectivity index (χ1n) is 13.7. The van der Waals surface area contributed by atoms with Crippen LogP contribution in [0, 0.1) is 11.3 Å². The number of carbonyl (C=O) groups excluding carboxylic acids is 1. The Morgan fingerprint density at radius 2 is 1.37 bits per heavy atom. The lowest BCUT2D eigenvalue weighted by Gasteiger charge is -2.32. The van der Waals surface area contributed by atoms with Crippen molar-refractivity contribution < 1.29 is 29.3 Å². The number of benzene rings is 4. The van der Waals surface area contributed by atoms with Crippen LogP contribution in [0.25, 0.3) is 11.1 Å². The Bertz CT molecular complexity index is 1640. The van der Waals surface area contributed by atoms with Gasteiger partial charge in [-0.2, -0.15) is 5.26 Å². The number of amides is 1. The summed E-state index contributed by atoms with van der Waals surface area (Å²) in [6.07, 6.45) is -1.30. The van der Waals surface area contributed by atoms with Gasteiger partial charge in [0.1, 0.15) is 12.6 Å². The molecule has 0 saturated heterocycles. The quantitative estimate of drug-likeness (QED) is 0.212. The smallest absolute Gasteiger partial charge is 0.425 e. The van der Waals surface area contributed by atoms with E-state index in [2.05, 4.69) is 5.43 Å². The molecule has 4 aromatic rings. The minimum atomic E-state index is -1.49. The van der Waals surface area contributed by atoms with Gasteiger partial charge in [-0.3, -0.25) is 4.79 Å². The molecule has 0 bridgehead atoms. The molecule has 216 valence electrons. The summed E-state index contributed by atoms with van der Waals surface area (Å²) in [5.74, 6) is -2.95. The molecule has 2 atom stereocenters. The predicted octanol–water partition coefficient (Wildman–Crippen LogP) is 5.01. The first kappa shape index (κ1) is 29.0. The van der Waals surface area contributed by atoms with Gasteiger partial charge in [-0.15, -0.1) is 0 Å². The summed E-state index contributed by atoms with van der Waals surface area (Å²) in [5.41, 5.74) is 8.01. The monoisotopic (exact) mass is 575 g/mol. The summed E-state index contributed by atoms with van der Waals surface area (Å²) in [6.45, 7) is -0.0856. The molecular weight excluding hydrogens is 546 g/mol. The Balaban J connectivity index is 1.44. The Morgan fingerprint density at radius 3 is 1.98 bits per heavy atom. The van der Waals surface area contributed by atoms with Crippen LogP contribution in [0.3, 0.4) is 0 Å². The highest BCUT2D eigenvalue weighted by Gasteiger charge is 2.36. The van der Waals surface area contributed by atoms with Gasteiger partial charge < -0.3 is 14.9 Å². The number of carboxylic acid groups (broad SMARTS) is 2. The molecule has 0 fully saturated rings. The van der Waals surface area contributed by atoms with E-state index in [1.807, 2.05) is 54.6 Å². The third-order valence-electron chi connectivity index (χ3n) is 7.56. The number of aliphatic carboxylic acids is 2. The molecule has 1 aliphatic carbocycles. The fraction of sp³-hybridized carbons (Fsp3) is 0.176. The van der Waals surface area contributed by atoms with Crippen LogP contribution in [-0.2, 0) is 27.2 Å². The van der Waals surface area contributed by atoms with Crippen LogP contribution in [0.5, 0.6) is 0 Å². The van der Waals surface area contributed by atoms with E-state index in [9.17, 15) is 29.9 Å². The van der Waals surface area contributed by atoms with E-state index in [4.69, 9.17) is 4.74 Å². The molecule has 43 heavy (non-hydrogen) atoms. The molecule has 0 heterocycles. The molecular formula is C34H29N3O6. The van der Waals surface area contributed by atoms with E-state index in [1.54, 1.807) is 54.6 Å². The number of rotatable bonds is 11. The normalized spacial score (nSPS) is 13.2. The first-order chi connectivity index (χ1) is 20.9. The van der Waals surface area contributed by atoms with Crippen LogP contribution >= 0.6 is 0 Å². The number of fused-ring (bicyclic) bond motifs is 3. The molecule has 9 nitrogen and oxygen atoms in total. The average molecular weight is 576 g/mol. The largest absolute Gasteiger partial charge is 0.480 e. The lowest BCUT2D eigenvalue weighted by Crippen LogP contribution is -2.59. The highest BCUT2D eigenvalue weighted by Crippen LogP contribution is 2.44. The van der Waals surface area contributed by atoms with Crippen LogP contribution in [0.2, 0.25) is 0 Å². The van der Waals surface area contributed by atoms with Gasteiger partial charge in [-0.1, -0.05) is 97.1 Å². The summed E-state index contributed by atoms with van der Waals surface area (Å²) in [5, 5.41) is 30.6. The van der Waals surface area contributed by atoms with E-state index in [1.165, 1.54) is 0 Å². The molecule has 0 aliphatic heterocycles. The highest BCUT2D eigenvalue weighted by molar-refractivity contribution is 5.82. The number of nitrogens with zero attached hydrogens (tertiary/aromatic N) is 2. The fourth-order valence-corrected chi connectivity index (χ4v) is 5.44. The number of nitriles is 1. The Labute approximate surface area is 248 Å². The fourth-order valence-electron chi connectivity index (χ4n) is 5.44. The third-order valence-corrected chi connectivity index (χ3v) is 7.56. The number of hydrazine groups is 1. The Hall–Kier alpha value is -5.46. The zero-order chi connectivity index (χ0) is 30.3. The standard InChI is InChI=1S/C34H29N3O6/c35-20-24-13-5-4-12-23(24)19-30(32(38)39)36-37(31(33(40)41)18-22-10-2-1-3-11-22)34(42)43-21-29-27-16-8-6-14-25(27)26-15-7-9-17-28(26)29/h1-17,29-31,36H,18-19,21H2,(H,38,39)(H,40,41)/t30-,31-/m0/s1. The van der Waals surface area contributed by atoms with Crippen molar-refractivity contribution in [1.82, 2.24) is 10.4 Å². The van der Waals surface area contributed by atoms with Crippen LogP contribution in [0.1, 0.15) is 33.7 Å². The van der Waals surface area contributed by atoms with Crippen molar-refractivity contribution in [3.8, 4) is 17.2 Å². The second kappa shape index (κ2) is 13.0. The van der Waals surface area contributed by atoms with E-state index in [0.29, 0.717) is 11.1 Å². The zero-order valence-corrected chi connectivity index (χ0v) is 23.1. The van der Waals surface area contributed by atoms with Crippen molar-refractivity contribution in [2.45, 2.75) is 30.8 Å². The van der Waals surface area contributed by atoms with Crippen LogP contribution in [-0.4, -0.2) is 51.9 Å². The molecule has 0 spiro atoms. The third kappa shape index (κ3) is 6.40. The van der Waals surface area contributed by atoms with Crippen molar-refractivity contribution in [3.05, 3.63) is 131 Å². The molecule has 0 aromatic heterocycles. The number of carboxylic acids is 2. The summed E-state index contributed by atoms with van der Waals surface area (Å²) < 4.78 is 5.76. The van der Waals surface area contributed by atoms with E-state index < -0.39 is 30.1 Å². The van der Waals surface area contributed by atoms with Crippen molar-refractivity contribution in [3.63, 3.8) is 0 Å². The summed E-state index contributed by atoms with van der Waals surface area (Å²) in [7, 11) is 0. The minimum Gasteiger partial charge on any atom is -0.480 e. The number of hydrogen-bond donors (Lipinski definition) is 3. The van der Waals surface area contributed by atoms with Crippen LogP contribution in [0.15, 0.2) is 103 Å². The summed E-state index contributed by atoms with van der Waals surface area (Å²) in [4.78, 5) is 38.7. The van der Waals surface area contributed by atoms with Crippen LogP contribution in [0.4, 0.5) is 4.79 Å². The van der Waals surface area contributed by atoms with Gasteiger partial charge >= 0.3 is 18.0 Å². The maximum atomic E-state index is 13.7. The first-order valence-corrected chi connectivity index (χ1v) is 13.7. The molecule has 0 saturated carbocycles. The van der Waals surface area contributed by atoms with E-state index >= 15 is 0 Å². The second-order valence-corrected chi connectivity index (χ2v) is 10.2. The summed E-state index contributed by atoms with van der Waals surface area (Å²) in [6, 6.07) is 30.0. The maximum Gasteiger partial charge on any atom is 0.425 e. The predicted molar refractivity (Wildman–Crippen MR) is 158 cm³/mol. The van der Waals surface area contributed by atoms with Crippen molar-refractivity contribution in [2.75, 3.05) is 6.61 Å². The molecule has 0 radical (unpaired) electrons. The van der Waals surface area contributed by atoms with Gasteiger partial charge in [0.05, 0.1) is 11.6 Å². The van der Waals surface area contributed by atoms with E-state index in [0.717, 1.165) is 27.3 Å². The topological polar surface area (TPSA) is 140 Å². The molecule has 4 aromatic carbocycles. The van der Waals surface area contributed by atoms with Gasteiger partial charge in [0.25, 0.3) is 0 Å². The molecule has 9 heteroatoms. The molecule has 5 rings (SSSR count). The lowest BCUT2D eigenvalue weighted by molar-refractivity contribution is -0.148. The van der Waals surface area contributed by atoms with Crippen molar-refractivity contribution in [1.29, 1.82) is 5.26 Å². The number of ether oxygens (including phenoxy) is 1. The summed E-state index contributed by atoms with van der Waals surface area (Å²) >= 11 is 0. The molecule has 1 aliphatic rings. The average Bonchev–Trinajstić information content (AvgIpc) is 3.35. The maximum absolute atomic E-state index is 13.7. The second-order valence-electron chi connectivity index (χ2n) is 10.2. The zero-order valence-electron chi connectivity index (χ0n) is 23.1. The van der Waals surface area contributed by atoms with Gasteiger partial charge in [0.2, 0.25) is 0 Å². The highest BCUT2D eigenvalue weighted by atomic mass is 16.6. The van der Waals surface area contributed by atoms with Crippen LogP contribution < -0.4 is 5.43 Å².